The molecule has 0 heterocycles. The molecule has 0 atom stereocenters. The van der Waals surface area contributed by atoms with Crippen LogP contribution in [0.2, 0.25) is 0 Å². The SMILES string of the molecule is COCNC(=O)c1cc(Br)cc(Br)c1. The third kappa shape index (κ3) is 3.40. The zero-order valence-electron chi connectivity index (χ0n) is 7.51. The number of nitrogens with one attached hydrogen (secondary N) is 1. The summed E-state index contributed by atoms with van der Waals surface area (Å²) < 4.78 is 6.45. The van der Waals surface area contributed by atoms with Gasteiger partial charge in [0, 0.05) is 21.6 Å². The number of methoxy groups -OCH3 is 1. The van der Waals surface area contributed by atoms with Gasteiger partial charge in [0.2, 0.25) is 0 Å². The Bertz CT molecular complexity index is 321. The van der Waals surface area contributed by atoms with Crippen molar-refractivity contribution in [3.8, 4) is 0 Å². The quantitative estimate of drug-likeness (QED) is 0.868. The molecule has 0 aliphatic heterocycles. The molecule has 0 saturated carbocycles. The molecule has 0 radical (unpaired) electrons. The van der Waals surface area contributed by atoms with E-state index in [4.69, 9.17) is 4.74 Å². The normalized spacial score (nSPS) is 9.93. The maximum Gasteiger partial charge on any atom is 0.253 e. The van der Waals surface area contributed by atoms with E-state index in [1.807, 2.05) is 6.07 Å². The van der Waals surface area contributed by atoms with E-state index in [2.05, 4.69) is 37.2 Å². The number of carbonyl (C=O) groups excluding carboxylic acids is 1. The Morgan fingerprint density at radius 1 is 1.36 bits per heavy atom. The van der Waals surface area contributed by atoms with E-state index in [0.29, 0.717) is 5.56 Å². The molecular formula is C9H9Br2NO2. The zero-order valence-corrected chi connectivity index (χ0v) is 10.7. The first-order valence-corrected chi connectivity index (χ1v) is 5.45. The van der Waals surface area contributed by atoms with Crippen molar-refractivity contribution < 1.29 is 9.53 Å². The highest BCUT2D eigenvalue weighted by Crippen LogP contribution is 2.19. The fourth-order valence-electron chi connectivity index (χ4n) is 0.925. The number of hydrogen-bond donors (Lipinski definition) is 1. The second kappa shape index (κ2) is 5.48. The second-order valence-corrected chi connectivity index (χ2v) is 4.43. The molecule has 0 aliphatic rings. The zero-order chi connectivity index (χ0) is 10.6. The minimum atomic E-state index is -0.158. The van der Waals surface area contributed by atoms with Gasteiger partial charge in [-0.3, -0.25) is 4.79 Å². The molecule has 0 bridgehead atoms. The van der Waals surface area contributed by atoms with Gasteiger partial charge in [-0.25, -0.2) is 0 Å². The van der Waals surface area contributed by atoms with Gasteiger partial charge >= 0.3 is 0 Å². The molecule has 1 amide bonds. The topological polar surface area (TPSA) is 38.3 Å². The fraction of sp³-hybridized carbons (Fsp3) is 0.222. The Balaban J connectivity index is 2.79. The Morgan fingerprint density at radius 2 is 1.93 bits per heavy atom. The number of amides is 1. The molecule has 76 valence electrons. The predicted molar refractivity (Wildman–Crippen MR) is 61.2 cm³/mol. The molecule has 0 saturated heterocycles. The van der Waals surface area contributed by atoms with E-state index < -0.39 is 0 Å². The average Bonchev–Trinajstić information content (AvgIpc) is 2.12. The van der Waals surface area contributed by atoms with Crippen LogP contribution < -0.4 is 5.32 Å². The first kappa shape index (κ1) is 11.7. The van der Waals surface area contributed by atoms with E-state index >= 15 is 0 Å². The molecule has 14 heavy (non-hydrogen) atoms. The standard InChI is InChI=1S/C9H9Br2NO2/c1-14-5-12-9(13)6-2-7(10)4-8(11)3-6/h2-4H,5H2,1H3,(H,12,13). The molecule has 5 heteroatoms. The van der Waals surface area contributed by atoms with Crippen LogP contribution in [-0.2, 0) is 4.74 Å². The monoisotopic (exact) mass is 321 g/mol. The molecule has 0 aromatic heterocycles. The van der Waals surface area contributed by atoms with Crippen LogP contribution in [0.5, 0.6) is 0 Å². The average molecular weight is 323 g/mol. The number of carbonyl (C=O) groups is 1. The Hall–Kier alpha value is -0.390. The van der Waals surface area contributed by atoms with Crippen LogP contribution >= 0.6 is 31.9 Å². The van der Waals surface area contributed by atoms with Crippen LogP contribution in [0.3, 0.4) is 0 Å². The van der Waals surface area contributed by atoms with Crippen molar-refractivity contribution in [2.24, 2.45) is 0 Å². The minimum absolute atomic E-state index is 0.158. The van der Waals surface area contributed by atoms with Crippen LogP contribution in [0.25, 0.3) is 0 Å². The minimum Gasteiger partial charge on any atom is -0.364 e. The summed E-state index contributed by atoms with van der Waals surface area (Å²) in [5.74, 6) is -0.158. The highest BCUT2D eigenvalue weighted by molar-refractivity contribution is 9.11. The van der Waals surface area contributed by atoms with E-state index in [9.17, 15) is 4.79 Å². The van der Waals surface area contributed by atoms with Crippen LogP contribution in [0.15, 0.2) is 27.1 Å². The van der Waals surface area contributed by atoms with Gasteiger partial charge in [-0.05, 0) is 18.2 Å². The predicted octanol–water partition coefficient (Wildman–Crippen LogP) is 2.55. The first-order valence-electron chi connectivity index (χ1n) is 3.86. The number of halogens is 2. The molecule has 0 unspecified atom stereocenters. The van der Waals surface area contributed by atoms with E-state index in [-0.39, 0.29) is 12.6 Å². The van der Waals surface area contributed by atoms with E-state index in [1.54, 1.807) is 12.1 Å². The van der Waals surface area contributed by atoms with Gasteiger partial charge in [0.05, 0.1) is 0 Å². The fourth-order valence-corrected chi connectivity index (χ4v) is 2.22. The van der Waals surface area contributed by atoms with Gasteiger partial charge < -0.3 is 10.1 Å². The lowest BCUT2D eigenvalue weighted by Crippen LogP contribution is -2.25. The highest BCUT2D eigenvalue weighted by Gasteiger charge is 2.06. The van der Waals surface area contributed by atoms with Crippen molar-refractivity contribution in [2.45, 2.75) is 0 Å². The highest BCUT2D eigenvalue weighted by atomic mass is 79.9. The maximum absolute atomic E-state index is 11.5. The van der Waals surface area contributed by atoms with Gasteiger partial charge in [-0.15, -0.1) is 0 Å². The summed E-state index contributed by atoms with van der Waals surface area (Å²) in [4.78, 5) is 11.5. The molecule has 0 spiro atoms. The summed E-state index contributed by atoms with van der Waals surface area (Å²) in [6, 6.07) is 5.36. The smallest absolute Gasteiger partial charge is 0.253 e. The summed E-state index contributed by atoms with van der Waals surface area (Å²) in [7, 11) is 1.52. The van der Waals surface area contributed by atoms with Crippen molar-refractivity contribution in [3.63, 3.8) is 0 Å². The Labute approximate surface area is 99.1 Å². The van der Waals surface area contributed by atoms with Gasteiger partial charge in [0.25, 0.3) is 5.91 Å². The van der Waals surface area contributed by atoms with Crippen molar-refractivity contribution in [1.29, 1.82) is 0 Å². The van der Waals surface area contributed by atoms with Gasteiger partial charge in [0.1, 0.15) is 6.73 Å². The lowest BCUT2D eigenvalue weighted by Gasteiger charge is -2.04. The van der Waals surface area contributed by atoms with Gasteiger partial charge in [-0.2, -0.15) is 0 Å². The molecule has 1 rings (SSSR count). The number of ether oxygens (including phenoxy) is 1. The van der Waals surface area contributed by atoms with E-state index in [0.717, 1.165) is 8.95 Å². The van der Waals surface area contributed by atoms with Crippen LogP contribution in [0.4, 0.5) is 0 Å². The third-order valence-electron chi connectivity index (χ3n) is 1.50. The summed E-state index contributed by atoms with van der Waals surface area (Å²) in [6.07, 6.45) is 0. The van der Waals surface area contributed by atoms with Crippen molar-refractivity contribution in [3.05, 3.63) is 32.7 Å². The second-order valence-electron chi connectivity index (χ2n) is 2.60. The largest absolute Gasteiger partial charge is 0.364 e. The van der Waals surface area contributed by atoms with Crippen LogP contribution in [0.1, 0.15) is 10.4 Å². The Kier molecular flexibility index (Phi) is 4.57. The summed E-state index contributed by atoms with van der Waals surface area (Å²) >= 11 is 6.62. The molecule has 0 fully saturated rings. The molecule has 1 N–H and O–H groups in total. The van der Waals surface area contributed by atoms with Gasteiger partial charge in [-0.1, -0.05) is 31.9 Å². The lowest BCUT2D eigenvalue weighted by molar-refractivity contribution is 0.0872. The molecule has 0 aliphatic carbocycles. The lowest BCUT2D eigenvalue weighted by atomic mass is 10.2. The first-order chi connectivity index (χ1) is 6.63. The number of rotatable bonds is 3. The number of benzene rings is 1. The maximum atomic E-state index is 11.5. The molecule has 1 aromatic rings. The van der Waals surface area contributed by atoms with E-state index in [1.165, 1.54) is 7.11 Å². The molecule has 1 aromatic carbocycles. The molecule has 3 nitrogen and oxygen atoms in total. The molecular weight excluding hydrogens is 314 g/mol. The van der Waals surface area contributed by atoms with Crippen molar-refractivity contribution in [2.75, 3.05) is 13.8 Å². The van der Waals surface area contributed by atoms with Crippen molar-refractivity contribution in [1.82, 2.24) is 5.32 Å². The summed E-state index contributed by atoms with van der Waals surface area (Å²) in [6.45, 7) is 0.211. The Morgan fingerprint density at radius 3 is 2.43 bits per heavy atom. The van der Waals surface area contributed by atoms with Crippen molar-refractivity contribution >= 4 is 37.8 Å². The van der Waals surface area contributed by atoms with Crippen LogP contribution in [0, 0.1) is 0 Å². The summed E-state index contributed by atoms with van der Waals surface area (Å²) in [5.41, 5.74) is 0.586. The summed E-state index contributed by atoms with van der Waals surface area (Å²) in [5, 5.41) is 2.60. The van der Waals surface area contributed by atoms with Gasteiger partial charge in [0.15, 0.2) is 0 Å². The third-order valence-corrected chi connectivity index (χ3v) is 2.42. The number of hydrogen-bond acceptors (Lipinski definition) is 2. The van der Waals surface area contributed by atoms with Crippen LogP contribution in [-0.4, -0.2) is 19.7 Å².